The van der Waals surface area contributed by atoms with E-state index in [1.54, 1.807) is 18.2 Å². The van der Waals surface area contributed by atoms with Crippen molar-refractivity contribution in [3.05, 3.63) is 41.9 Å². The maximum Gasteiger partial charge on any atom is 0.253 e. The Morgan fingerprint density at radius 1 is 1.25 bits per heavy atom. The van der Waals surface area contributed by atoms with Crippen LogP contribution in [0.5, 0.6) is 5.75 Å². The van der Waals surface area contributed by atoms with Crippen molar-refractivity contribution in [1.82, 2.24) is 10.2 Å². The molecular weight excluding hydrogens is 211 g/mol. The zero-order chi connectivity index (χ0) is 11.4. The van der Waals surface area contributed by atoms with E-state index in [4.69, 9.17) is 9.15 Å². The second-order valence-corrected chi connectivity index (χ2v) is 3.16. The molecule has 0 bridgehead atoms. The Labute approximate surface area is 92.1 Å². The maximum absolute atomic E-state index is 13.2. The van der Waals surface area contributed by atoms with E-state index < -0.39 is 5.82 Å². The molecule has 0 aliphatic carbocycles. The van der Waals surface area contributed by atoms with Gasteiger partial charge in [0.25, 0.3) is 5.89 Å². The van der Waals surface area contributed by atoms with Gasteiger partial charge < -0.3 is 9.15 Å². The number of halogens is 1. The summed E-state index contributed by atoms with van der Waals surface area (Å²) in [6.07, 6.45) is 0.673. The molecule has 0 amide bonds. The summed E-state index contributed by atoms with van der Waals surface area (Å²) in [6.45, 7) is 1.99. The minimum absolute atomic E-state index is 0.0773. The Bertz CT molecular complexity index is 471. The fourth-order valence-electron chi connectivity index (χ4n) is 1.19. The van der Waals surface area contributed by atoms with Crippen molar-refractivity contribution in [3.63, 3.8) is 0 Å². The molecule has 4 nitrogen and oxygen atoms in total. The third-order valence-corrected chi connectivity index (χ3v) is 2.00. The van der Waals surface area contributed by atoms with Gasteiger partial charge in [0, 0.05) is 6.42 Å². The summed E-state index contributed by atoms with van der Waals surface area (Å²) in [5.41, 5.74) is 0. The first kappa shape index (κ1) is 10.6. The highest BCUT2D eigenvalue weighted by Gasteiger charge is 2.07. The van der Waals surface area contributed by atoms with Crippen LogP contribution in [-0.2, 0) is 13.0 Å². The van der Waals surface area contributed by atoms with Crippen LogP contribution in [0.25, 0.3) is 0 Å². The van der Waals surface area contributed by atoms with Gasteiger partial charge in [-0.25, -0.2) is 4.39 Å². The van der Waals surface area contributed by atoms with Crippen LogP contribution in [0.4, 0.5) is 4.39 Å². The van der Waals surface area contributed by atoms with E-state index in [2.05, 4.69) is 10.2 Å². The second-order valence-electron chi connectivity index (χ2n) is 3.16. The van der Waals surface area contributed by atoms with E-state index in [0.717, 1.165) is 0 Å². The lowest BCUT2D eigenvalue weighted by Gasteiger charge is -2.03. The molecule has 0 atom stereocenters. The Morgan fingerprint density at radius 3 is 2.69 bits per heavy atom. The molecule has 1 aromatic heterocycles. The van der Waals surface area contributed by atoms with Crippen molar-refractivity contribution >= 4 is 0 Å². The minimum atomic E-state index is -0.405. The van der Waals surface area contributed by atoms with Gasteiger partial charge in [-0.15, -0.1) is 10.2 Å². The molecule has 2 aromatic rings. The average Bonchev–Trinajstić information content (AvgIpc) is 2.76. The first-order chi connectivity index (χ1) is 7.79. The number of nitrogens with zero attached hydrogens (tertiary/aromatic N) is 2. The van der Waals surface area contributed by atoms with Crippen molar-refractivity contribution in [2.24, 2.45) is 0 Å². The number of hydrogen-bond donors (Lipinski definition) is 0. The van der Waals surface area contributed by atoms with Crippen molar-refractivity contribution in [3.8, 4) is 5.75 Å². The Morgan fingerprint density at radius 2 is 2.00 bits per heavy atom. The maximum atomic E-state index is 13.2. The minimum Gasteiger partial charge on any atom is -0.481 e. The molecule has 0 unspecified atom stereocenters. The molecule has 84 valence electrons. The van der Waals surface area contributed by atoms with Crippen LogP contribution in [-0.4, -0.2) is 10.2 Å². The Hall–Kier alpha value is -1.91. The summed E-state index contributed by atoms with van der Waals surface area (Å²) < 4.78 is 23.6. The van der Waals surface area contributed by atoms with Crippen LogP contribution in [0.15, 0.2) is 28.7 Å². The standard InChI is InChI=1S/C11H11FN2O2/c1-2-10-13-14-11(16-10)7-15-9-6-4-3-5-8(9)12/h3-6H,2,7H2,1H3. The second kappa shape index (κ2) is 4.74. The van der Waals surface area contributed by atoms with Gasteiger partial charge in [-0.05, 0) is 12.1 Å². The smallest absolute Gasteiger partial charge is 0.253 e. The van der Waals surface area contributed by atoms with Crippen molar-refractivity contribution in [2.75, 3.05) is 0 Å². The topological polar surface area (TPSA) is 48.2 Å². The molecule has 0 saturated heterocycles. The summed E-state index contributed by atoms with van der Waals surface area (Å²) in [4.78, 5) is 0. The first-order valence-electron chi connectivity index (χ1n) is 4.98. The third-order valence-electron chi connectivity index (χ3n) is 2.00. The Kier molecular flexibility index (Phi) is 3.14. The molecule has 0 saturated carbocycles. The fourth-order valence-corrected chi connectivity index (χ4v) is 1.19. The van der Waals surface area contributed by atoms with Crippen LogP contribution in [0, 0.1) is 5.82 Å². The van der Waals surface area contributed by atoms with Crippen LogP contribution in [0.2, 0.25) is 0 Å². The van der Waals surface area contributed by atoms with E-state index >= 15 is 0 Å². The summed E-state index contributed by atoms with van der Waals surface area (Å²) in [5.74, 6) is 0.670. The van der Waals surface area contributed by atoms with Crippen molar-refractivity contribution < 1.29 is 13.5 Å². The molecule has 16 heavy (non-hydrogen) atoms. The van der Waals surface area contributed by atoms with Gasteiger partial charge >= 0.3 is 0 Å². The van der Waals surface area contributed by atoms with Crippen LogP contribution in [0.1, 0.15) is 18.7 Å². The molecule has 0 aliphatic rings. The fraction of sp³-hybridized carbons (Fsp3) is 0.273. The van der Waals surface area contributed by atoms with Gasteiger partial charge in [0.05, 0.1) is 0 Å². The summed E-state index contributed by atoms with van der Waals surface area (Å²) in [5, 5.41) is 7.55. The normalized spacial score (nSPS) is 10.4. The molecule has 2 rings (SSSR count). The number of aryl methyl sites for hydroxylation is 1. The van der Waals surface area contributed by atoms with Gasteiger partial charge in [-0.2, -0.15) is 0 Å². The molecule has 0 aliphatic heterocycles. The lowest BCUT2D eigenvalue weighted by molar-refractivity contribution is 0.249. The number of para-hydroxylation sites is 1. The highest BCUT2D eigenvalue weighted by atomic mass is 19.1. The van der Waals surface area contributed by atoms with Crippen molar-refractivity contribution in [2.45, 2.75) is 20.0 Å². The van der Waals surface area contributed by atoms with Gasteiger partial charge in [0.1, 0.15) is 0 Å². The number of aromatic nitrogens is 2. The summed E-state index contributed by atoms with van der Waals surface area (Å²) in [6, 6.07) is 6.18. The Balaban J connectivity index is 1.99. The SMILES string of the molecule is CCc1nnc(COc2ccccc2F)o1. The predicted molar refractivity (Wildman–Crippen MR) is 54.4 cm³/mol. The molecule has 0 fully saturated rings. The molecule has 1 aromatic carbocycles. The summed E-state index contributed by atoms with van der Waals surface area (Å²) >= 11 is 0. The predicted octanol–water partition coefficient (Wildman–Crippen LogP) is 2.35. The molecule has 5 heteroatoms. The van der Waals surface area contributed by atoms with Gasteiger partial charge in [-0.3, -0.25) is 0 Å². The number of ether oxygens (including phenoxy) is 1. The van der Waals surface area contributed by atoms with E-state index in [0.29, 0.717) is 18.2 Å². The van der Waals surface area contributed by atoms with E-state index in [1.165, 1.54) is 6.07 Å². The zero-order valence-electron chi connectivity index (χ0n) is 8.81. The van der Waals surface area contributed by atoms with Crippen LogP contribution >= 0.6 is 0 Å². The quantitative estimate of drug-likeness (QED) is 0.796. The monoisotopic (exact) mass is 222 g/mol. The average molecular weight is 222 g/mol. The highest BCUT2D eigenvalue weighted by molar-refractivity contribution is 5.23. The van der Waals surface area contributed by atoms with Gasteiger partial charge in [-0.1, -0.05) is 19.1 Å². The van der Waals surface area contributed by atoms with Crippen LogP contribution < -0.4 is 4.74 Å². The molecule has 0 N–H and O–H groups in total. The highest BCUT2D eigenvalue weighted by Crippen LogP contribution is 2.16. The molecule has 1 heterocycles. The van der Waals surface area contributed by atoms with E-state index in [1.807, 2.05) is 6.92 Å². The van der Waals surface area contributed by atoms with E-state index in [9.17, 15) is 4.39 Å². The molecule has 0 radical (unpaired) electrons. The number of rotatable bonds is 4. The molecule has 0 spiro atoms. The lowest BCUT2D eigenvalue weighted by atomic mass is 10.3. The largest absolute Gasteiger partial charge is 0.481 e. The number of hydrogen-bond acceptors (Lipinski definition) is 4. The number of benzene rings is 1. The van der Waals surface area contributed by atoms with Crippen molar-refractivity contribution in [1.29, 1.82) is 0 Å². The van der Waals surface area contributed by atoms with Crippen LogP contribution in [0.3, 0.4) is 0 Å². The van der Waals surface area contributed by atoms with Gasteiger partial charge in [0.2, 0.25) is 5.89 Å². The van der Waals surface area contributed by atoms with Gasteiger partial charge in [0.15, 0.2) is 18.2 Å². The molecular formula is C11H11FN2O2. The first-order valence-corrected chi connectivity index (χ1v) is 4.98. The lowest BCUT2D eigenvalue weighted by Crippen LogP contribution is -1.97. The summed E-state index contributed by atoms with van der Waals surface area (Å²) in [7, 11) is 0. The van der Waals surface area contributed by atoms with E-state index in [-0.39, 0.29) is 12.4 Å². The third kappa shape index (κ3) is 2.36. The zero-order valence-corrected chi connectivity index (χ0v) is 8.81.